The van der Waals surface area contributed by atoms with E-state index in [1.807, 2.05) is 0 Å². The smallest absolute Gasteiger partial charge is 0.251 e. The molecule has 2 N–H and O–H groups in total. The molecule has 0 aliphatic rings. The van der Waals surface area contributed by atoms with Crippen molar-refractivity contribution in [2.24, 2.45) is 0 Å². The van der Waals surface area contributed by atoms with E-state index in [1.54, 1.807) is 41.0 Å². The van der Waals surface area contributed by atoms with Gasteiger partial charge in [-0.25, -0.2) is 0 Å². The fourth-order valence-corrected chi connectivity index (χ4v) is 4.10. The van der Waals surface area contributed by atoms with E-state index >= 15 is 0 Å². The lowest BCUT2D eigenvalue weighted by Crippen LogP contribution is -2.25. The summed E-state index contributed by atoms with van der Waals surface area (Å²) in [4.78, 5) is 24.8. The van der Waals surface area contributed by atoms with Crippen molar-refractivity contribution in [3.05, 3.63) is 80.5 Å². The van der Waals surface area contributed by atoms with Gasteiger partial charge in [-0.05, 0) is 30.3 Å². The number of nitrogens with zero attached hydrogens (tertiary/aromatic N) is 3. The normalized spacial score (nSPS) is 10.7. The van der Waals surface area contributed by atoms with Crippen LogP contribution in [0.3, 0.4) is 0 Å². The zero-order valence-electron chi connectivity index (χ0n) is 16.9. The topological polar surface area (TPSA) is 88.9 Å². The molecule has 0 fully saturated rings. The summed E-state index contributed by atoms with van der Waals surface area (Å²) >= 11 is 25.1. The van der Waals surface area contributed by atoms with E-state index in [0.29, 0.717) is 38.8 Å². The molecule has 3 aromatic rings. The molecule has 0 saturated heterocycles. The molecule has 1 heterocycles. The molecule has 2 aromatic carbocycles. The van der Waals surface area contributed by atoms with Gasteiger partial charge in [0, 0.05) is 12.1 Å². The second kappa shape index (κ2) is 11.8. The summed E-state index contributed by atoms with van der Waals surface area (Å²) in [6, 6.07) is 9.59. The molecule has 0 radical (unpaired) electrons. The fourth-order valence-electron chi connectivity index (χ4n) is 2.68. The lowest BCUT2D eigenvalue weighted by Gasteiger charge is -2.10. The van der Waals surface area contributed by atoms with Gasteiger partial charge in [0.1, 0.15) is 0 Å². The number of halogens is 4. The van der Waals surface area contributed by atoms with Crippen LogP contribution in [-0.2, 0) is 17.9 Å². The lowest BCUT2D eigenvalue weighted by atomic mass is 10.2. The molecule has 0 aliphatic heterocycles. The molecular formula is C21H17Cl4N5O2S. The van der Waals surface area contributed by atoms with Gasteiger partial charge in [0.25, 0.3) is 5.91 Å². The van der Waals surface area contributed by atoms with Crippen LogP contribution in [0.4, 0.5) is 5.69 Å². The largest absolute Gasteiger partial charge is 0.345 e. The number of hydrogen-bond donors (Lipinski definition) is 2. The van der Waals surface area contributed by atoms with Crippen LogP contribution in [0.1, 0.15) is 16.2 Å². The molecular weight excluding hydrogens is 528 g/mol. The van der Waals surface area contributed by atoms with Crippen LogP contribution >= 0.6 is 58.2 Å². The lowest BCUT2D eigenvalue weighted by molar-refractivity contribution is -0.113. The van der Waals surface area contributed by atoms with E-state index in [0.717, 1.165) is 0 Å². The Morgan fingerprint density at radius 2 is 1.85 bits per heavy atom. The number of carbonyl (C=O) groups is 2. The van der Waals surface area contributed by atoms with Gasteiger partial charge in [0.15, 0.2) is 11.0 Å². The molecule has 7 nitrogen and oxygen atoms in total. The van der Waals surface area contributed by atoms with Gasteiger partial charge in [-0.2, -0.15) is 0 Å². The van der Waals surface area contributed by atoms with E-state index in [9.17, 15) is 9.59 Å². The Hall–Kier alpha value is -2.23. The molecule has 0 spiro atoms. The number of rotatable bonds is 9. The van der Waals surface area contributed by atoms with Gasteiger partial charge < -0.3 is 15.2 Å². The number of aromatic nitrogens is 3. The number of benzene rings is 2. The quantitative estimate of drug-likeness (QED) is 0.265. The molecule has 3 rings (SSSR count). The third-order valence-corrected chi connectivity index (χ3v) is 6.78. The second-order valence-corrected chi connectivity index (χ2v) is 9.09. The van der Waals surface area contributed by atoms with Crippen LogP contribution in [0.2, 0.25) is 20.1 Å². The zero-order chi connectivity index (χ0) is 24.0. The molecule has 1 aromatic heterocycles. The molecule has 0 bridgehead atoms. The van der Waals surface area contributed by atoms with Crippen LogP contribution in [0.5, 0.6) is 0 Å². The van der Waals surface area contributed by atoms with Gasteiger partial charge >= 0.3 is 0 Å². The van der Waals surface area contributed by atoms with Gasteiger partial charge in [-0.1, -0.05) is 70.3 Å². The minimum atomic E-state index is -0.339. The summed E-state index contributed by atoms with van der Waals surface area (Å²) in [7, 11) is 0. The fraction of sp³-hybridized carbons (Fsp3) is 0.143. The SMILES string of the molecule is C=CCn1c(CNC(=O)c2ccc(Cl)c(Cl)c2)nnc1SCC(=O)Nc1cccc(Cl)c1Cl. The number of hydrogen-bond acceptors (Lipinski definition) is 5. The first-order valence-electron chi connectivity index (χ1n) is 9.43. The second-order valence-electron chi connectivity index (χ2n) is 6.55. The van der Waals surface area contributed by atoms with Crippen molar-refractivity contribution in [1.82, 2.24) is 20.1 Å². The monoisotopic (exact) mass is 543 g/mol. The first-order chi connectivity index (χ1) is 15.8. The van der Waals surface area contributed by atoms with E-state index < -0.39 is 0 Å². The van der Waals surface area contributed by atoms with Crippen molar-refractivity contribution < 1.29 is 9.59 Å². The van der Waals surface area contributed by atoms with Crippen LogP contribution in [0.25, 0.3) is 0 Å². The maximum Gasteiger partial charge on any atom is 0.251 e. The zero-order valence-corrected chi connectivity index (χ0v) is 20.8. The number of carbonyl (C=O) groups excluding carboxylic acids is 2. The maximum atomic E-state index is 12.4. The Bertz CT molecular complexity index is 1200. The Balaban J connectivity index is 1.63. The van der Waals surface area contributed by atoms with Crippen LogP contribution < -0.4 is 10.6 Å². The summed E-state index contributed by atoms with van der Waals surface area (Å²) in [5.74, 6) is -0.0575. The average Bonchev–Trinajstić information content (AvgIpc) is 3.17. The summed E-state index contributed by atoms with van der Waals surface area (Å²) in [5, 5.41) is 15.5. The van der Waals surface area contributed by atoms with Gasteiger partial charge in [0.2, 0.25) is 5.91 Å². The molecule has 33 heavy (non-hydrogen) atoms. The van der Waals surface area contributed by atoms with Gasteiger partial charge in [0.05, 0.1) is 38.1 Å². The predicted molar refractivity (Wildman–Crippen MR) is 134 cm³/mol. The molecule has 0 aliphatic carbocycles. The summed E-state index contributed by atoms with van der Waals surface area (Å²) < 4.78 is 1.76. The third-order valence-electron chi connectivity index (χ3n) is 4.25. The van der Waals surface area contributed by atoms with E-state index in [-0.39, 0.29) is 34.2 Å². The van der Waals surface area contributed by atoms with Gasteiger partial charge in [-0.15, -0.1) is 16.8 Å². The molecule has 0 saturated carbocycles. The van der Waals surface area contributed by atoms with Crippen LogP contribution in [0.15, 0.2) is 54.2 Å². The van der Waals surface area contributed by atoms with E-state index in [1.165, 1.54) is 17.8 Å². The van der Waals surface area contributed by atoms with Crippen molar-refractivity contribution in [3.63, 3.8) is 0 Å². The Morgan fingerprint density at radius 3 is 2.58 bits per heavy atom. The van der Waals surface area contributed by atoms with E-state index in [2.05, 4.69) is 27.4 Å². The minimum absolute atomic E-state index is 0.0632. The first-order valence-corrected chi connectivity index (χ1v) is 11.9. The highest BCUT2D eigenvalue weighted by Crippen LogP contribution is 2.30. The number of allylic oxidation sites excluding steroid dienone is 1. The highest BCUT2D eigenvalue weighted by Gasteiger charge is 2.16. The summed E-state index contributed by atoms with van der Waals surface area (Å²) in [6.07, 6.45) is 1.67. The van der Waals surface area contributed by atoms with Crippen LogP contribution in [0, 0.1) is 0 Å². The maximum absolute atomic E-state index is 12.4. The molecule has 12 heteroatoms. The predicted octanol–water partition coefficient (Wildman–Crippen LogP) is 5.74. The highest BCUT2D eigenvalue weighted by atomic mass is 35.5. The summed E-state index contributed by atoms with van der Waals surface area (Å²) in [6.45, 7) is 4.25. The van der Waals surface area contributed by atoms with Crippen molar-refractivity contribution in [2.45, 2.75) is 18.2 Å². The van der Waals surface area contributed by atoms with E-state index in [4.69, 9.17) is 46.4 Å². The number of nitrogens with one attached hydrogen (secondary N) is 2. The highest BCUT2D eigenvalue weighted by molar-refractivity contribution is 7.99. The molecule has 0 atom stereocenters. The molecule has 0 unspecified atom stereocenters. The molecule has 172 valence electrons. The van der Waals surface area contributed by atoms with Crippen molar-refractivity contribution in [2.75, 3.05) is 11.1 Å². The Kier molecular flexibility index (Phi) is 9.05. The van der Waals surface area contributed by atoms with Crippen molar-refractivity contribution in [1.29, 1.82) is 0 Å². The standard InChI is InChI=1S/C21H17Cl4N5O2S/c1-2-8-30-17(10-26-20(32)12-6-7-13(22)15(24)9-12)28-29-21(30)33-11-18(31)27-16-5-3-4-14(23)19(16)25/h2-7,9H,1,8,10-11H2,(H,26,32)(H,27,31). The Labute approximate surface area is 214 Å². The number of amides is 2. The van der Waals surface area contributed by atoms with Gasteiger partial charge in [-0.3, -0.25) is 9.59 Å². The number of thioether (sulfide) groups is 1. The Morgan fingerprint density at radius 1 is 1.06 bits per heavy atom. The minimum Gasteiger partial charge on any atom is -0.345 e. The van der Waals surface area contributed by atoms with Crippen LogP contribution in [-0.4, -0.2) is 32.3 Å². The number of anilines is 1. The first kappa shape index (κ1) is 25.4. The van der Waals surface area contributed by atoms with Crippen molar-refractivity contribution >= 4 is 75.7 Å². The average molecular weight is 545 g/mol. The summed E-state index contributed by atoms with van der Waals surface area (Å²) in [5.41, 5.74) is 0.790. The third kappa shape index (κ3) is 6.65. The van der Waals surface area contributed by atoms with Crippen molar-refractivity contribution in [3.8, 4) is 0 Å². The molecule has 2 amide bonds.